The first-order chi connectivity index (χ1) is 25.8. The normalized spacial score (nSPS) is 13.3. The van der Waals surface area contributed by atoms with Gasteiger partial charge in [0.15, 0.2) is 0 Å². The van der Waals surface area contributed by atoms with Crippen molar-refractivity contribution < 1.29 is 103 Å². The van der Waals surface area contributed by atoms with Crippen LogP contribution in [0.25, 0.3) is 22.3 Å². The van der Waals surface area contributed by atoms with E-state index in [2.05, 4.69) is 9.47 Å². The third kappa shape index (κ3) is 7.09. The van der Waals surface area contributed by atoms with E-state index in [0.29, 0.717) is 12.1 Å². The summed E-state index contributed by atoms with van der Waals surface area (Å²) in [6.07, 6.45) is -11.0. The summed E-state index contributed by atoms with van der Waals surface area (Å²) < 4.78 is 119. The molecule has 56 heavy (non-hydrogen) atoms. The summed E-state index contributed by atoms with van der Waals surface area (Å²) in [6, 6.07) is 2.63. The second kappa shape index (κ2) is 13.7. The van der Waals surface area contributed by atoms with E-state index >= 15 is 0 Å². The fraction of sp³-hybridized carbons (Fsp3) is 0.0588. The molecule has 4 N–H and O–H groups in total. The van der Waals surface area contributed by atoms with Crippen LogP contribution in [0.1, 0.15) is 94.0 Å². The molecule has 22 heteroatoms. The topological polar surface area (TPSA) is 236 Å². The maximum atomic E-state index is 14.3. The minimum Gasteiger partial charge on any atom is -0.478 e. The number of carboxylic acids is 4. The lowest BCUT2D eigenvalue weighted by Gasteiger charge is -2.20. The highest BCUT2D eigenvalue weighted by atomic mass is 19.4. The van der Waals surface area contributed by atoms with Crippen molar-refractivity contribution in [3.8, 4) is 22.3 Å². The van der Waals surface area contributed by atoms with Gasteiger partial charge in [0.1, 0.15) is 11.6 Å². The fourth-order valence-corrected chi connectivity index (χ4v) is 5.45. The highest BCUT2D eigenvalue weighted by Gasteiger charge is 2.42. The maximum Gasteiger partial charge on any atom is 0.417 e. The molecule has 0 atom stereocenters. The first-order valence-corrected chi connectivity index (χ1v) is 14.5. The molecule has 0 unspecified atom stereocenters. The number of esters is 4. The number of hydrogen-bond donors (Lipinski definition) is 4. The largest absolute Gasteiger partial charge is 0.478 e. The summed E-state index contributed by atoms with van der Waals surface area (Å²) in [7, 11) is 0. The zero-order chi connectivity index (χ0) is 41.9. The number of benzene rings is 4. The molecule has 2 aliphatic rings. The van der Waals surface area contributed by atoms with Crippen LogP contribution in [0.2, 0.25) is 0 Å². The lowest BCUT2D eigenvalue weighted by molar-refractivity contribution is -0.139. The van der Waals surface area contributed by atoms with E-state index in [9.17, 15) is 73.5 Å². The van der Waals surface area contributed by atoms with Crippen molar-refractivity contribution in [2.24, 2.45) is 0 Å². The van der Waals surface area contributed by atoms with Gasteiger partial charge in [0.25, 0.3) is 0 Å². The lowest BCUT2D eigenvalue weighted by atomic mass is 9.88. The number of rotatable bonds is 5. The molecule has 0 aromatic heterocycles. The average molecular weight is 796 g/mol. The molecular weight excluding hydrogens is 784 g/mol. The van der Waals surface area contributed by atoms with Crippen LogP contribution in [0.15, 0.2) is 48.5 Å². The number of hydrogen-bond acceptors (Lipinski definition) is 10. The predicted molar refractivity (Wildman–Crippen MR) is 161 cm³/mol. The summed E-state index contributed by atoms with van der Waals surface area (Å²) in [4.78, 5) is 93.3. The van der Waals surface area contributed by atoms with E-state index in [1.54, 1.807) is 0 Å². The molecule has 0 aliphatic carbocycles. The van der Waals surface area contributed by atoms with Crippen molar-refractivity contribution in [1.82, 2.24) is 0 Å². The Morgan fingerprint density at radius 3 is 0.893 bits per heavy atom. The molecule has 4 aromatic carbocycles. The van der Waals surface area contributed by atoms with Crippen molar-refractivity contribution in [1.29, 1.82) is 0 Å². The highest BCUT2D eigenvalue weighted by Crippen LogP contribution is 2.45. The molecule has 0 saturated carbocycles. The molecule has 2 aliphatic heterocycles. The average Bonchev–Trinajstić information content (AvgIpc) is 3.09. The molecule has 4 aromatic rings. The van der Waals surface area contributed by atoms with Gasteiger partial charge >= 0.3 is 60.1 Å². The van der Waals surface area contributed by atoms with Crippen molar-refractivity contribution in [2.75, 3.05) is 0 Å². The standard InChI is InChI=1S/C18H8F6O8.C16H4F2O6/c19-17(20,21)11-3-9(15(29)30)7(13(25)26)1-5(11)6-2-8(14(27)28)10(16(31)32)4-12(6)18(22,23)24;17-11-3-9-7-1-5(11)6-2-8(14(20)23-13(7)19)10(4-12(6)18)16(22)24-15(9)21/h1-4H,(H,25,26)(H,27,28)(H,29,30)(H,31,32);1-4H. The van der Waals surface area contributed by atoms with Crippen LogP contribution in [-0.4, -0.2) is 68.2 Å². The van der Waals surface area contributed by atoms with E-state index < -0.39 is 139 Å². The first kappa shape index (κ1) is 39.7. The first-order valence-electron chi connectivity index (χ1n) is 14.5. The Morgan fingerprint density at radius 1 is 0.393 bits per heavy atom. The molecule has 0 amide bonds. The zero-order valence-corrected chi connectivity index (χ0v) is 26.5. The molecule has 2 heterocycles. The molecule has 0 radical (unpaired) electrons. The number of carboxylic acid groups (broad SMARTS) is 4. The van der Waals surface area contributed by atoms with Gasteiger partial charge in [-0.25, -0.2) is 47.1 Å². The number of aromatic carboxylic acids is 4. The summed E-state index contributed by atoms with van der Waals surface area (Å²) in [5.41, 5.74) is -15.4. The van der Waals surface area contributed by atoms with E-state index in [0.717, 1.165) is 12.1 Å². The monoisotopic (exact) mass is 796 g/mol. The van der Waals surface area contributed by atoms with Crippen LogP contribution in [0, 0.1) is 11.6 Å². The third-order valence-corrected chi connectivity index (χ3v) is 7.89. The number of carbonyl (C=O) groups is 8. The molecular formula is C34H12F8O14. The Morgan fingerprint density at radius 2 is 0.643 bits per heavy atom. The molecule has 6 rings (SSSR count). The predicted octanol–water partition coefficient (Wildman–Crippen LogP) is 6.44. The summed E-state index contributed by atoms with van der Waals surface area (Å²) in [5, 5.41) is 36.3. The van der Waals surface area contributed by atoms with Gasteiger partial charge in [0.2, 0.25) is 0 Å². The van der Waals surface area contributed by atoms with Crippen molar-refractivity contribution in [2.45, 2.75) is 12.4 Å². The Balaban J connectivity index is 0.000000222. The van der Waals surface area contributed by atoms with Gasteiger partial charge in [-0.1, -0.05) is 0 Å². The summed E-state index contributed by atoms with van der Waals surface area (Å²) >= 11 is 0. The quantitative estimate of drug-likeness (QED) is 0.0967. The molecule has 0 saturated heterocycles. The Hall–Kier alpha value is -7.52. The number of cyclic esters (lactones) is 2. The van der Waals surface area contributed by atoms with E-state index in [1.807, 2.05) is 0 Å². The minimum absolute atomic E-state index is 0.00521. The lowest BCUT2D eigenvalue weighted by Crippen LogP contribution is -2.23. The second-order valence-corrected chi connectivity index (χ2v) is 11.2. The van der Waals surface area contributed by atoms with Crippen LogP contribution < -0.4 is 0 Å². The minimum atomic E-state index is -5.51. The van der Waals surface area contributed by atoms with Gasteiger partial charge in [0.05, 0.1) is 55.6 Å². The summed E-state index contributed by atoms with van der Waals surface area (Å²) in [5.74, 6) is -15.6. The Bertz CT molecular complexity index is 2350. The maximum absolute atomic E-state index is 14.3. The molecule has 4 bridgehead atoms. The van der Waals surface area contributed by atoms with Gasteiger partial charge in [-0.2, -0.15) is 26.3 Å². The van der Waals surface area contributed by atoms with Gasteiger partial charge in [-0.3, -0.25) is 0 Å². The number of fused-ring (bicyclic) bond motifs is 5. The third-order valence-electron chi connectivity index (χ3n) is 7.89. The molecule has 288 valence electrons. The number of ether oxygens (including phenoxy) is 2. The fourth-order valence-electron chi connectivity index (χ4n) is 5.45. The van der Waals surface area contributed by atoms with Crippen LogP contribution in [0.4, 0.5) is 35.1 Å². The van der Waals surface area contributed by atoms with Crippen LogP contribution in [0.3, 0.4) is 0 Å². The highest BCUT2D eigenvalue weighted by molar-refractivity contribution is 6.16. The van der Waals surface area contributed by atoms with Gasteiger partial charge in [-0.15, -0.1) is 0 Å². The zero-order valence-electron chi connectivity index (χ0n) is 26.5. The van der Waals surface area contributed by atoms with E-state index in [4.69, 9.17) is 20.4 Å². The van der Waals surface area contributed by atoms with Crippen LogP contribution in [0.5, 0.6) is 0 Å². The Labute approximate surface area is 301 Å². The molecule has 0 spiro atoms. The van der Waals surface area contributed by atoms with E-state index in [1.165, 1.54) is 0 Å². The molecule has 14 nitrogen and oxygen atoms in total. The van der Waals surface area contributed by atoms with E-state index in [-0.39, 0.29) is 35.4 Å². The Kier molecular flexibility index (Phi) is 9.72. The number of alkyl halides is 6. The van der Waals surface area contributed by atoms with Crippen LogP contribution in [-0.2, 0) is 21.8 Å². The summed E-state index contributed by atoms with van der Waals surface area (Å²) in [6.45, 7) is 0. The number of carbonyl (C=O) groups excluding carboxylic acids is 4. The smallest absolute Gasteiger partial charge is 0.417 e. The second-order valence-electron chi connectivity index (χ2n) is 11.2. The van der Waals surface area contributed by atoms with Crippen molar-refractivity contribution in [3.05, 3.63) is 116 Å². The van der Waals surface area contributed by atoms with Crippen molar-refractivity contribution >= 4 is 47.8 Å². The molecule has 0 fully saturated rings. The van der Waals surface area contributed by atoms with Gasteiger partial charge in [-0.05, 0) is 59.7 Å². The SMILES string of the molecule is O=C(O)c1cc(-c2cc(C(=O)O)c(C(=O)O)cc2C(F)(F)F)c(C(F)(F)F)cc1C(=O)O.O=C1OC(=O)c2cc(F)c3cc2C(=O)OC(=O)c2cc-3c(F)cc21. The number of halogens is 8. The van der Waals surface area contributed by atoms with Gasteiger partial charge in [0, 0.05) is 11.1 Å². The van der Waals surface area contributed by atoms with Crippen molar-refractivity contribution in [3.63, 3.8) is 0 Å². The van der Waals surface area contributed by atoms with Gasteiger partial charge < -0.3 is 29.9 Å². The van der Waals surface area contributed by atoms with Crippen LogP contribution >= 0.6 is 0 Å².